The van der Waals surface area contributed by atoms with Crippen LogP contribution in [-0.4, -0.2) is 15.0 Å². The monoisotopic (exact) mass is 621 g/mol. The highest BCUT2D eigenvalue weighted by Gasteiger charge is 2.37. The first-order valence-electron chi connectivity index (χ1n) is 16.9. The van der Waals surface area contributed by atoms with E-state index in [4.69, 9.17) is 15.0 Å². The summed E-state index contributed by atoms with van der Waals surface area (Å²) in [6.45, 7) is 9.58. The minimum absolute atomic E-state index is 0.145. The summed E-state index contributed by atoms with van der Waals surface area (Å²) in [5.41, 5.74) is 11.1. The lowest BCUT2D eigenvalue weighted by Gasteiger charge is -2.42. The average molecular weight is 622 g/mol. The van der Waals surface area contributed by atoms with E-state index >= 15 is 0 Å². The summed E-state index contributed by atoms with van der Waals surface area (Å²) >= 11 is 0. The average Bonchev–Trinajstić information content (AvgIpc) is 3.13. The van der Waals surface area contributed by atoms with Gasteiger partial charge in [-0.3, -0.25) is 0 Å². The number of fused-ring (bicyclic) bond motifs is 2. The summed E-state index contributed by atoms with van der Waals surface area (Å²) in [7, 11) is 0. The van der Waals surface area contributed by atoms with Gasteiger partial charge in [0.05, 0.1) is 0 Å². The third-order valence-corrected chi connectivity index (χ3v) is 10.2. The molecule has 0 bridgehead atoms. The molecule has 1 aliphatic carbocycles. The van der Waals surface area contributed by atoms with Crippen LogP contribution in [0.2, 0.25) is 0 Å². The Labute approximate surface area is 283 Å². The van der Waals surface area contributed by atoms with Crippen LogP contribution >= 0.6 is 0 Å². The Bertz CT molecular complexity index is 2230. The molecule has 8 rings (SSSR count). The van der Waals surface area contributed by atoms with E-state index in [0.717, 1.165) is 22.1 Å². The minimum Gasteiger partial charge on any atom is -0.208 e. The Morgan fingerprint density at radius 3 is 1.48 bits per heavy atom. The van der Waals surface area contributed by atoms with Gasteiger partial charge in [-0.1, -0.05) is 161 Å². The highest BCUT2D eigenvalue weighted by atomic mass is 15.0. The number of hydrogen-bond acceptors (Lipinski definition) is 3. The highest BCUT2D eigenvalue weighted by Crippen LogP contribution is 2.48. The van der Waals surface area contributed by atoms with E-state index < -0.39 is 0 Å². The van der Waals surface area contributed by atoms with Gasteiger partial charge in [0, 0.05) is 16.7 Å². The van der Waals surface area contributed by atoms with Gasteiger partial charge in [0.1, 0.15) is 0 Å². The summed E-state index contributed by atoms with van der Waals surface area (Å²) in [5, 5.41) is 2.28. The molecule has 7 aromatic rings. The predicted molar refractivity (Wildman–Crippen MR) is 200 cm³/mol. The van der Waals surface area contributed by atoms with Crippen molar-refractivity contribution in [3.8, 4) is 56.4 Å². The molecule has 3 heteroatoms. The van der Waals surface area contributed by atoms with Crippen molar-refractivity contribution in [3.05, 3.63) is 151 Å². The van der Waals surface area contributed by atoms with Gasteiger partial charge >= 0.3 is 0 Å². The second kappa shape index (κ2) is 11.7. The fourth-order valence-corrected chi connectivity index (χ4v) is 7.38. The standard InChI is InChI=1S/C45H39N3/c1-44(2)27-28-45(3,4)40-29-32(23-26-39(40)44)33-19-11-12-20-34(33)37-24-25-38(36-22-14-13-21-35(36)37)43-47-41(30-15-7-5-8-16-30)46-42(48-43)31-17-9-6-10-18-31/h5-26,29H,27-28H2,1-4H3. The summed E-state index contributed by atoms with van der Waals surface area (Å²) in [6.07, 6.45) is 2.40. The van der Waals surface area contributed by atoms with Crippen molar-refractivity contribution in [3.63, 3.8) is 0 Å². The molecule has 1 aliphatic rings. The fourth-order valence-electron chi connectivity index (χ4n) is 7.38. The lowest BCUT2D eigenvalue weighted by Crippen LogP contribution is -2.33. The molecule has 234 valence electrons. The molecular weight excluding hydrogens is 583 g/mol. The van der Waals surface area contributed by atoms with Crippen molar-refractivity contribution in [1.82, 2.24) is 15.0 Å². The third kappa shape index (κ3) is 5.30. The van der Waals surface area contributed by atoms with E-state index in [9.17, 15) is 0 Å². The maximum absolute atomic E-state index is 5.06. The van der Waals surface area contributed by atoms with Crippen LogP contribution in [0.25, 0.3) is 67.2 Å². The normalized spacial score (nSPS) is 14.8. The van der Waals surface area contributed by atoms with E-state index in [1.807, 2.05) is 36.4 Å². The molecule has 0 fully saturated rings. The maximum atomic E-state index is 5.06. The molecule has 0 spiro atoms. The molecule has 0 N–H and O–H groups in total. The van der Waals surface area contributed by atoms with Gasteiger partial charge in [-0.25, -0.2) is 15.0 Å². The Morgan fingerprint density at radius 1 is 0.375 bits per heavy atom. The van der Waals surface area contributed by atoms with Crippen molar-refractivity contribution in [2.75, 3.05) is 0 Å². The fraction of sp³-hybridized carbons (Fsp3) is 0.178. The number of nitrogens with zero attached hydrogens (tertiary/aromatic N) is 3. The van der Waals surface area contributed by atoms with Crippen LogP contribution in [-0.2, 0) is 10.8 Å². The Morgan fingerprint density at radius 2 is 0.854 bits per heavy atom. The van der Waals surface area contributed by atoms with Crippen LogP contribution in [0, 0.1) is 0 Å². The molecule has 1 aromatic heterocycles. The van der Waals surface area contributed by atoms with E-state index in [0.29, 0.717) is 17.5 Å². The Kier molecular flexibility index (Phi) is 7.29. The van der Waals surface area contributed by atoms with E-state index in [1.54, 1.807) is 0 Å². The quantitative estimate of drug-likeness (QED) is 0.192. The van der Waals surface area contributed by atoms with Gasteiger partial charge in [-0.15, -0.1) is 0 Å². The van der Waals surface area contributed by atoms with Crippen LogP contribution in [0.5, 0.6) is 0 Å². The van der Waals surface area contributed by atoms with Gasteiger partial charge in [0.25, 0.3) is 0 Å². The summed E-state index contributed by atoms with van der Waals surface area (Å²) < 4.78 is 0. The number of aromatic nitrogens is 3. The maximum Gasteiger partial charge on any atom is 0.164 e. The molecular formula is C45H39N3. The molecule has 6 aromatic carbocycles. The second-order valence-corrected chi connectivity index (χ2v) is 14.3. The van der Waals surface area contributed by atoms with E-state index in [2.05, 4.69) is 131 Å². The lowest BCUT2D eigenvalue weighted by atomic mass is 9.63. The Balaban J connectivity index is 1.30. The molecule has 0 amide bonds. The van der Waals surface area contributed by atoms with Crippen molar-refractivity contribution in [2.45, 2.75) is 51.4 Å². The summed E-state index contributed by atoms with van der Waals surface area (Å²) in [5.74, 6) is 1.99. The molecule has 3 nitrogen and oxygen atoms in total. The van der Waals surface area contributed by atoms with E-state index in [1.165, 1.54) is 51.6 Å². The molecule has 48 heavy (non-hydrogen) atoms. The first-order valence-corrected chi connectivity index (χ1v) is 16.9. The first kappa shape index (κ1) is 30.0. The zero-order chi connectivity index (χ0) is 32.9. The topological polar surface area (TPSA) is 38.7 Å². The zero-order valence-electron chi connectivity index (χ0n) is 28.0. The SMILES string of the molecule is CC1(C)CCC(C)(C)c2cc(-c3ccccc3-c3ccc(-c4nc(-c5ccccc5)nc(-c5ccccc5)n4)c4ccccc34)ccc21. The highest BCUT2D eigenvalue weighted by molar-refractivity contribution is 6.06. The van der Waals surface area contributed by atoms with Crippen LogP contribution in [0.4, 0.5) is 0 Å². The largest absolute Gasteiger partial charge is 0.208 e. The summed E-state index contributed by atoms with van der Waals surface area (Å²) in [4.78, 5) is 15.0. The van der Waals surface area contributed by atoms with Crippen LogP contribution < -0.4 is 0 Å². The Hall–Kier alpha value is -5.41. The van der Waals surface area contributed by atoms with Crippen LogP contribution in [0.1, 0.15) is 51.7 Å². The molecule has 1 heterocycles. The minimum atomic E-state index is 0.145. The molecule has 0 saturated carbocycles. The first-order chi connectivity index (χ1) is 23.3. The van der Waals surface area contributed by atoms with Gasteiger partial charge in [0.2, 0.25) is 0 Å². The molecule has 0 atom stereocenters. The van der Waals surface area contributed by atoms with Gasteiger partial charge < -0.3 is 0 Å². The van der Waals surface area contributed by atoms with Crippen LogP contribution in [0.3, 0.4) is 0 Å². The second-order valence-electron chi connectivity index (χ2n) is 14.3. The van der Waals surface area contributed by atoms with Crippen LogP contribution in [0.15, 0.2) is 140 Å². The van der Waals surface area contributed by atoms with Gasteiger partial charge in [-0.05, 0) is 73.9 Å². The number of benzene rings is 6. The van der Waals surface area contributed by atoms with Crippen molar-refractivity contribution in [1.29, 1.82) is 0 Å². The molecule has 0 radical (unpaired) electrons. The predicted octanol–water partition coefficient (Wildman–Crippen LogP) is 11.7. The molecule has 0 aliphatic heterocycles. The molecule has 0 saturated heterocycles. The zero-order valence-corrected chi connectivity index (χ0v) is 28.0. The van der Waals surface area contributed by atoms with Crippen molar-refractivity contribution in [2.24, 2.45) is 0 Å². The van der Waals surface area contributed by atoms with Crippen molar-refractivity contribution >= 4 is 10.8 Å². The number of rotatable bonds is 5. The smallest absolute Gasteiger partial charge is 0.164 e. The summed E-state index contributed by atoms with van der Waals surface area (Å²) in [6, 6.07) is 49.4. The lowest BCUT2D eigenvalue weighted by molar-refractivity contribution is 0.332. The van der Waals surface area contributed by atoms with Gasteiger partial charge in [-0.2, -0.15) is 0 Å². The molecule has 0 unspecified atom stereocenters. The third-order valence-electron chi connectivity index (χ3n) is 10.2. The number of hydrogen-bond donors (Lipinski definition) is 0. The van der Waals surface area contributed by atoms with Gasteiger partial charge in [0.15, 0.2) is 17.5 Å². The van der Waals surface area contributed by atoms with E-state index in [-0.39, 0.29) is 10.8 Å². The van der Waals surface area contributed by atoms with Crippen molar-refractivity contribution < 1.29 is 0 Å².